The first-order valence-corrected chi connectivity index (χ1v) is 7.08. The van der Waals surface area contributed by atoms with Gasteiger partial charge in [0.2, 0.25) is 0 Å². The maximum Gasteiger partial charge on any atom is 0.0406 e. The minimum atomic E-state index is 0.423. The van der Waals surface area contributed by atoms with Gasteiger partial charge in [0, 0.05) is 5.02 Å². The van der Waals surface area contributed by atoms with Crippen molar-refractivity contribution in [3.05, 3.63) is 57.2 Å². The first-order valence-electron chi connectivity index (χ1n) is 5.76. The predicted octanol–water partition coefficient (Wildman–Crippen LogP) is 4.08. The van der Waals surface area contributed by atoms with Gasteiger partial charge in [0.15, 0.2) is 0 Å². The van der Waals surface area contributed by atoms with Crippen LogP contribution in [-0.2, 0) is 6.42 Å². The molecule has 2 N–H and O–H groups in total. The highest BCUT2D eigenvalue weighted by atomic mass is 35.5. The molecule has 0 fully saturated rings. The second-order valence-corrected chi connectivity index (χ2v) is 5.37. The molecule has 1 nitrogen and oxygen atoms in total. The topological polar surface area (TPSA) is 26.0 Å². The molecule has 17 heavy (non-hydrogen) atoms. The van der Waals surface area contributed by atoms with E-state index in [1.165, 1.54) is 11.1 Å². The summed E-state index contributed by atoms with van der Waals surface area (Å²) in [4.78, 5) is 0. The lowest BCUT2D eigenvalue weighted by Gasteiger charge is -2.14. The molecule has 0 spiro atoms. The smallest absolute Gasteiger partial charge is 0.0406 e. The van der Waals surface area contributed by atoms with Gasteiger partial charge in [-0.15, -0.1) is 0 Å². The maximum absolute atomic E-state index is 5.89. The number of hydrogen-bond donors (Lipinski definition) is 1. The van der Waals surface area contributed by atoms with E-state index in [1.807, 2.05) is 12.1 Å². The van der Waals surface area contributed by atoms with Crippen LogP contribution >= 0.6 is 22.9 Å². The van der Waals surface area contributed by atoms with Crippen molar-refractivity contribution in [2.75, 3.05) is 6.54 Å². The van der Waals surface area contributed by atoms with Crippen molar-refractivity contribution in [2.24, 2.45) is 5.73 Å². The minimum Gasteiger partial charge on any atom is -0.330 e. The lowest BCUT2D eigenvalue weighted by Crippen LogP contribution is -2.13. The van der Waals surface area contributed by atoms with Crippen molar-refractivity contribution in [1.29, 1.82) is 0 Å². The third-order valence-electron chi connectivity index (χ3n) is 2.99. The predicted molar refractivity (Wildman–Crippen MR) is 75.9 cm³/mol. The molecule has 2 aromatic rings. The number of thiophene rings is 1. The highest BCUT2D eigenvalue weighted by Gasteiger charge is 2.09. The summed E-state index contributed by atoms with van der Waals surface area (Å²) in [6.07, 6.45) is 2.18. The molecule has 0 saturated heterocycles. The van der Waals surface area contributed by atoms with Gasteiger partial charge in [-0.1, -0.05) is 23.7 Å². The van der Waals surface area contributed by atoms with E-state index in [0.717, 1.165) is 17.9 Å². The Kier molecular flexibility index (Phi) is 4.60. The fourth-order valence-electron chi connectivity index (χ4n) is 1.93. The van der Waals surface area contributed by atoms with Crippen molar-refractivity contribution in [3.8, 4) is 0 Å². The van der Waals surface area contributed by atoms with Crippen LogP contribution in [0.2, 0.25) is 5.02 Å². The van der Waals surface area contributed by atoms with Gasteiger partial charge >= 0.3 is 0 Å². The lowest BCUT2D eigenvalue weighted by molar-refractivity contribution is 0.634. The quantitative estimate of drug-likeness (QED) is 0.866. The molecule has 0 aliphatic carbocycles. The summed E-state index contributed by atoms with van der Waals surface area (Å²) >= 11 is 7.64. The molecule has 0 aliphatic rings. The maximum atomic E-state index is 5.89. The zero-order valence-electron chi connectivity index (χ0n) is 9.60. The van der Waals surface area contributed by atoms with Gasteiger partial charge in [-0.2, -0.15) is 11.3 Å². The van der Waals surface area contributed by atoms with Gasteiger partial charge in [-0.25, -0.2) is 0 Å². The first kappa shape index (κ1) is 12.6. The molecule has 0 aliphatic heterocycles. The molecule has 0 amide bonds. The first-order chi connectivity index (χ1) is 8.29. The number of hydrogen-bond acceptors (Lipinski definition) is 2. The molecule has 2 rings (SSSR count). The zero-order valence-corrected chi connectivity index (χ0v) is 11.2. The number of benzene rings is 1. The summed E-state index contributed by atoms with van der Waals surface area (Å²) in [5.41, 5.74) is 8.54. The van der Waals surface area contributed by atoms with Crippen LogP contribution in [0.5, 0.6) is 0 Å². The minimum absolute atomic E-state index is 0.423. The van der Waals surface area contributed by atoms with E-state index in [2.05, 4.69) is 29.0 Å². The largest absolute Gasteiger partial charge is 0.330 e. The number of nitrogens with two attached hydrogens (primary N) is 1. The highest BCUT2D eigenvalue weighted by molar-refractivity contribution is 7.07. The van der Waals surface area contributed by atoms with Crippen LogP contribution < -0.4 is 5.73 Å². The SMILES string of the molecule is NCC(CCc1ccsc1)c1ccc(Cl)cc1. The van der Waals surface area contributed by atoms with Gasteiger partial charge < -0.3 is 5.73 Å². The monoisotopic (exact) mass is 265 g/mol. The standard InChI is InChI=1S/C14H16ClNS/c15-14-5-3-12(4-6-14)13(9-16)2-1-11-7-8-17-10-11/h3-8,10,13H,1-2,9,16H2. The fourth-order valence-corrected chi connectivity index (χ4v) is 2.76. The molecular formula is C14H16ClNS. The second kappa shape index (κ2) is 6.20. The summed E-state index contributed by atoms with van der Waals surface area (Å²) < 4.78 is 0. The van der Waals surface area contributed by atoms with Crippen LogP contribution in [0.4, 0.5) is 0 Å². The van der Waals surface area contributed by atoms with Crippen LogP contribution in [0.3, 0.4) is 0 Å². The fraction of sp³-hybridized carbons (Fsp3) is 0.286. The van der Waals surface area contributed by atoms with Crippen LogP contribution in [0.15, 0.2) is 41.1 Å². The summed E-state index contributed by atoms with van der Waals surface area (Å²) in [5.74, 6) is 0.423. The Morgan fingerprint density at radius 2 is 1.94 bits per heavy atom. The van der Waals surface area contributed by atoms with E-state index in [1.54, 1.807) is 11.3 Å². The molecule has 1 unspecified atom stereocenters. The van der Waals surface area contributed by atoms with E-state index in [0.29, 0.717) is 12.5 Å². The van der Waals surface area contributed by atoms with Gasteiger partial charge in [0.05, 0.1) is 0 Å². The molecule has 1 aromatic heterocycles. The average Bonchev–Trinajstić information content (AvgIpc) is 2.85. The Bertz CT molecular complexity index is 436. The molecule has 1 aromatic carbocycles. The Balaban J connectivity index is 1.99. The van der Waals surface area contributed by atoms with Crippen LogP contribution in [0.25, 0.3) is 0 Å². The zero-order chi connectivity index (χ0) is 12.1. The van der Waals surface area contributed by atoms with Crippen LogP contribution in [-0.4, -0.2) is 6.54 Å². The van der Waals surface area contributed by atoms with Crippen molar-refractivity contribution >= 4 is 22.9 Å². The molecule has 0 bridgehead atoms. The van der Waals surface area contributed by atoms with E-state index >= 15 is 0 Å². The second-order valence-electron chi connectivity index (χ2n) is 4.15. The van der Waals surface area contributed by atoms with E-state index in [4.69, 9.17) is 17.3 Å². The highest BCUT2D eigenvalue weighted by Crippen LogP contribution is 2.23. The van der Waals surface area contributed by atoms with Crippen molar-refractivity contribution in [2.45, 2.75) is 18.8 Å². The van der Waals surface area contributed by atoms with Crippen molar-refractivity contribution < 1.29 is 0 Å². The molecular weight excluding hydrogens is 250 g/mol. The normalized spacial score (nSPS) is 12.6. The summed E-state index contributed by atoms with van der Waals surface area (Å²) in [5, 5.41) is 5.10. The van der Waals surface area contributed by atoms with E-state index in [-0.39, 0.29) is 0 Å². The summed E-state index contributed by atoms with van der Waals surface area (Å²) in [7, 11) is 0. The number of aryl methyl sites for hydroxylation is 1. The molecule has 0 saturated carbocycles. The van der Waals surface area contributed by atoms with E-state index < -0.39 is 0 Å². The molecule has 3 heteroatoms. The van der Waals surface area contributed by atoms with Gasteiger partial charge in [-0.3, -0.25) is 0 Å². The Morgan fingerprint density at radius 1 is 1.18 bits per heavy atom. The van der Waals surface area contributed by atoms with Crippen molar-refractivity contribution in [3.63, 3.8) is 0 Å². The average molecular weight is 266 g/mol. The number of rotatable bonds is 5. The third-order valence-corrected chi connectivity index (χ3v) is 3.97. The molecule has 90 valence electrons. The molecule has 0 radical (unpaired) electrons. The third kappa shape index (κ3) is 3.56. The van der Waals surface area contributed by atoms with Gasteiger partial charge in [0.25, 0.3) is 0 Å². The molecule has 1 heterocycles. The number of halogens is 1. The van der Waals surface area contributed by atoms with Crippen LogP contribution in [0.1, 0.15) is 23.5 Å². The van der Waals surface area contributed by atoms with Crippen molar-refractivity contribution in [1.82, 2.24) is 0 Å². The summed E-state index contributed by atoms with van der Waals surface area (Å²) in [6, 6.07) is 10.2. The lowest BCUT2D eigenvalue weighted by atomic mass is 9.93. The Morgan fingerprint density at radius 3 is 2.53 bits per heavy atom. The Labute approximate surface area is 111 Å². The summed E-state index contributed by atoms with van der Waals surface area (Å²) in [6.45, 7) is 0.686. The Hall–Kier alpha value is -0.830. The molecule has 1 atom stereocenters. The van der Waals surface area contributed by atoms with Crippen LogP contribution in [0, 0.1) is 0 Å². The van der Waals surface area contributed by atoms with E-state index in [9.17, 15) is 0 Å². The van der Waals surface area contributed by atoms with Gasteiger partial charge in [0.1, 0.15) is 0 Å². The van der Waals surface area contributed by atoms with Gasteiger partial charge in [-0.05, 0) is 65.4 Å².